The predicted molar refractivity (Wildman–Crippen MR) is 226 cm³/mol. The lowest BCUT2D eigenvalue weighted by molar-refractivity contribution is 0.590. The van der Waals surface area contributed by atoms with Gasteiger partial charge in [-0.15, -0.1) is 0 Å². The number of hydrogen-bond acceptors (Lipinski definition) is 0. The quantitative estimate of drug-likeness (QED) is 0.165. The van der Waals surface area contributed by atoms with Crippen LogP contribution in [0.3, 0.4) is 0 Å². The number of rotatable bonds is 3. The fourth-order valence-electron chi connectivity index (χ4n) is 9.46. The van der Waals surface area contributed by atoms with E-state index in [0.717, 1.165) is 0 Å². The summed E-state index contributed by atoms with van der Waals surface area (Å²) in [6.45, 7) is 6.84. The number of fused-ring (bicyclic) bond motifs is 3. The van der Waals surface area contributed by atoms with Gasteiger partial charge in [0.05, 0.1) is 33.1 Å². The van der Waals surface area contributed by atoms with Crippen LogP contribution in [0.5, 0.6) is 0 Å². The van der Waals surface area contributed by atoms with Gasteiger partial charge in [0, 0.05) is 49.4 Å². The molecule has 3 aromatic heterocycles. The van der Waals surface area contributed by atoms with Gasteiger partial charge in [-0.25, -0.2) is 0 Å². The van der Waals surface area contributed by atoms with Crippen LogP contribution in [0.15, 0.2) is 158 Å². The van der Waals surface area contributed by atoms with E-state index in [1.54, 1.807) is 0 Å². The standard InChI is InChI=1S/C50H35N3/c1-50(2,3)34-20-22-35(23-21-34)51-40-26-24-36(52-42-12-4-8-30-16-17-31-9-5-13-43(52)47(31)46(30)42)28-38(40)39-29-37(25-27-41(39)51)53-44-14-6-10-32-18-19-33-11-7-15-45(53)49(33)48(32)44/h4-29H,1-3H3. The Balaban J connectivity index is 1.17. The highest BCUT2D eigenvalue weighted by molar-refractivity contribution is 6.25. The van der Waals surface area contributed by atoms with Crippen molar-refractivity contribution in [3.05, 3.63) is 163 Å². The van der Waals surface area contributed by atoms with Crippen LogP contribution >= 0.6 is 0 Å². The van der Waals surface area contributed by atoms with E-state index in [-0.39, 0.29) is 5.41 Å². The Morgan fingerprint density at radius 2 is 0.660 bits per heavy atom. The van der Waals surface area contributed by atoms with Crippen LogP contribution in [0.1, 0.15) is 26.3 Å². The molecule has 0 saturated heterocycles. The van der Waals surface area contributed by atoms with Gasteiger partial charge >= 0.3 is 0 Å². The zero-order valence-electron chi connectivity index (χ0n) is 29.9. The van der Waals surface area contributed by atoms with Crippen LogP contribution in [0.25, 0.3) is 104 Å². The number of aromatic nitrogens is 3. The number of nitrogens with zero attached hydrogens (tertiary/aromatic N) is 3. The van der Waals surface area contributed by atoms with Crippen LogP contribution in [-0.4, -0.2) is 13.7 Å². The van der Waals surface area contributed by atoms with Gasteiger partial charge < -0.3 is 13.7 Å². The minimum Gasteiger partial charge on any atom is -0.309 e. The van der Waals surface area contributed by atoms with E-state index in [2.05, 4.69) is 192 Å². The molecule has 12 aromatic rings. The molecular weight excluding hydrogens is 643 g/mol. The van der Waals surface area contributed by atoms with Gasteiger partial charge in [0.15, 0.2) is 0 Å². The second-order valence-corrected chi connectivity index (χ2v) is 15.8. The SMILES string of the molecule is CC(C)(C)c1ccc(-n2c3ccc(-n4c5cccc6ccc7cccc4c7c65)cc3c3cc(-n4c5cccc6ccc7cccc4c7c65)ccc32)cc1. The molecule has 0 unspecified atom stereocenters. The summed E-state index contributed by atoms with van der Waals surface area (Å²) in [6, 6.07) is 59.1. The minimum absolute atomic E-state index is 0.0845. The first-order valence-electron chi connectivity index (χ1n) is 18.6. The molecule has 0 fully saturated rings. The summed E-state index contributed by atoms with van der Waals surface area (Å²) in [5.41, 5.74) is 12.3. The van der Waals surface area contributed by atoms with Crippen molar-refractivity contribution in [1.82, 2.24) is 13.7 Å². The third-order valence-corrected chi connectivity index (χ3v) is 11.9. The van der Waals surface area contributed by atoms with Gasteiger partial charge in [-0.2, -0.15) is 0 Å². The largest absolute Gasteiger partial charge is 0.309 e. The molecule has 3 nitrogen and oxygen atoms in total. The molecule has 3 heteroatoms. The zero-order chi connectivity index (χ0) is 35.2. The molecule has 0 aliphatic heterocycles. The van der Waals surface area contributed by atoms with Crippen molar-refractivity contribution < 1.29 is 0 Å². The number of benzene rings is 9. The van der Waals surface area contributed by atoms with E-state index in [1.807, 2.05) is 0 Å². The normalized spacial score (nSPS) is 12.8. The van der Waals surface area contributed by atoms with Gasteiger partial charge in [-0.3, -0.25) is 0 Å². The molecule has 250 valence electrons. The highest BCUT2D eigenvalue weighted by atomic mass is 15.0. The summed E-state index contributed by atoms with van der Waals surface area (Å²) in [4.78, 5) is 0. The third kappa shape index (κ3) is 3.84. The van der Waals surface area contributed by atoms with Crippen molar-refractivity contribution in [2.45, 2.75) is 26.2 Å². The maximum absolute atomic E-state index is 2.47. The van der Waals surface area contributed by atoms with Crippen LogP contribution in [0.4, 0.5) is 0 Å². The Bertz CT molecular complexity index is 3080. The Labute approximate surface area is 306 Å². The monoisotopic (exact) mass is 677 g/mol. The molecule has 0 N–H and O–H groups in total. The maximum Gasteiger partial charge on any atom is 0.0547 e. The van der Waals surface area contributed by atoms with E-state index in [4.69, 9.17) is 0 Å². The molecule has 0 atom stereocenters. The molecule has 3 heterocycles. The topological polar surface area (TPSA) is 14.8 Å². The van der Waals surface area contributed by atoms with Gasteiger partial charge in [0.2, 0.25) is 0 Å². The van der Waals surface area contributed by atoms with Gasteiger partial charge in [-0.1, -0.05) is 106 Å². The van der Waals surface area contributed by atoms with Crippen molar-refractivity contribution in [3.63, 3.8) is 0 Å². The molecule has 0 saturated carbocycles. The van der Waals surface area contributed by atoms with Crippen molar-refractivity contribution in [3.8, 4) is 17.1 Å². The number of hydrogen-bond donors (Lipinski definition) is 0. The van der Waals surface area contributed by atoms with Crippen LogP contribution in [-0.2, 0) is 5.41 Å². The van der Waals surface area contributed by atoms with Crippen molar-refractivity contribution in [2.24, 2.45) is 0 Å². The summed E-state index contributed by atoms with van der Waals surface area (Å²) >= 11 is 0. The van der Waals surface area contributed by atoms with E-state index in [0.29, 0.717) is 0 Å². The second-order valence-electron chi connectivity index (χ2n) is 15.8. The Morgan fingerprint density at radius 1 is 0.321 bits per heavy atom. The van der Waals surface area contributed by atoms with Crippen molar-refractivity contribution in [1.29, 1.82) is 0 Å². The van der Waals surface area contributed by atoms with Gasteiger partial charge in [-0.05, 0) is 105 Å². The lowest BCUT2D eigenvalue weighted by atomic mass is 9.87. The van der Waals surface area contributed by atoms with E-state index >= 15 is 0 Å². The average molecular weight is 678 g/mol. The second kappa shape index (κ2) is 10.1. The minimum atomic E-state index is 0.0845. The van der Waals surface area contributed by atoms with Crippen LogP contribution in [0.2, 0.25) is 0 Å². The lowest BCUT2D eigenvalue weighted by Gasteiger charge is -2.19. The highest BCUT2D eigenvalue weighted by Crippen LogP contribution is 2.43. The van der Waals surface area contributed by atoms with Crippen LogP contribution < -0.4 is 0 Å². The average Bonchev–Trinajstić information content (AvgIpc) is 3.83. The van der Waals surface area contributed by atoms with E-state index in [1.165, 1.54) is 110 Å². The predicted octanol–water partition coefficient (Wildman–Crippen LogP) is 13.5. The smallest absolute Gasteiger partial charge is 0.0547 e. The summed E-state index contributed by atoms with van der Waals surface area (Å²) in [5, 5.41) is 12.9. The highest BCUT2D eigenvalue weighted by Gasteiger charge is 2.21. The third-order valence-electron chi connectivity index (χ3n) is 11.9. The van der Waals surface area contributed by atoms with Crippen LogP contribution in [0, 0.1) is 0 Å². The molecule has 0 spiro atoms. The maximum atomic E-state index is 2.47. The zero-order valence-corrected chi connectivity index (χ0v) is 29.9. The summed E-state index contributed by atoms with van der Waals surface area (Å²) in [6.07, 6.45) is 0. The molecular formula is C50H35N3. The Morgan fingerprint density at radius 3 is 1.02 bits per heavy atom. The molecule has 0 bridgehead atoms. The summed E-state index contributed by atoms with van der Waals surface area (Å²) in [7, 11) is 0. The van der Waals surface area contributed by atoms with E-state index < -0.39 is 0 Å². The molecule has 12 rings (SSSR count). The molecule has 9 aromatic carbocycles. The summed E-state index contributed by atoms with van der Waals surface area (Å²) < 4.78 is 7.38. The molecule has 0 amide bonds. The molecule has 0 radical (unpaired) electrons. The van der Waals surface area contributed by atoms with Gasteiger partial charge in [0.1, 0.15) is 0 Å². The molecule has 0 aliphatic rings. The van der Waals surface area contributed by atoms with Crippen molar-refractivity contribution >= 4 is 87.0 Å². The first-order chi connectivity index (χ1) is 25.9. The Kier molecular flexibility index (Phi) is 5.51. The first kappa shape index (κ1) is 29.0. The fraction of sp³-hybridized carbons (Fsp3) is 0.0800. The van der Waals surface area contributed by atoms with E-state index in [9.17, 15) is 0 Å². The fourth-order valence-corrected chi connectivity index (χ4v) is 9.46. The molecule has 0 aliphatic carbocycles. The first-order valence-corrected chi connectivity index (χ1v) is 18.6. The lowest BCUT2D eigenvalue weighted by Crippen LogP contribution is -2.10. The summed E-state index contributed by atoms with van der Waals surface area (Å²) in [5.74, 6) is 0. The molecule has 53 heavy (non-hydrogen) atoms. The van der Waals surface area contributed by atoms with Gasteiger partial charge in [0.25, 0.3) is 0 Å². The van der Waals surface area contributed by atoms with Crippen molar-refractivity contribution in [2.75, 3.05) is 0 Å². The Hall–Kier alpha value is -6.58.